The van der Waals surface area contributed by atoms with Gasteiger partial charge in [0, 0.05) is 25.9 Å². The quantitative estimate of drug-likeness (QED) is 0.637. The van der Waals surface area contributed by atoms with Crippen molar-refractivity contribution >= 4 is 0 Å². The summed E-state index contributed by atoms with van der Waals surface area (Å²) >= 11 is 0. The Bertz CT molecular complexity index is 530. The zero-order chi connectivity index (χ0) is 13.1. The fraction of sp³-hybridized carbons (Fsp3) is 0.357. The van der Waals surface area contributed by atoms with Gasteiger partial charge in [0.15, 0.2) is 0 Å². The van der Waals surface area contributed by atoms with E-state index >= 15 is 0 Å². The number of aryl methyl sites for hydroxylation is 3. The molecule has 96 valence electrons. The van der Waals surface area contributed by atoms with Gasteiger partial charge in [0.2, 0.25) is 0 Å². The monoisotopic (exact) mass is 244 g/mol. The van der Waals surface area contributed by atoms with Gasteiger partial charge in [0.05, 0.1) is 6.04 Å². The minimum Gasteiger partial charge on any atom is -0.338 e. The second-order valence-electron chi connectivity index (χ2n) is 4.74. The number of hydrogen-bond donors (Lipinski definition) is 2. The lowest BCUT2D eigenvalue weighted by Crippen LogP contribution is -2.30. The van der Waals surface area contributed by atoms with E-state index in [1.54, 1.807) is 0 Å². The van der Waals surface area contributed by atoms with E-state index in [-0.39, 0.29) is 6.04 Å². The zero-order valence-electron chi connectivity index (χ0n) is 11.1. The van der Waals surface area contributed by atoms with Gasteiger partial charge in [-0.05, 0) is 25.0 Å². The average Bonchev–Trinajstić information content (AvgIpc) is 2.75. The first kappa shape index (κ1) is 12.8. The van der Waals surface area contributed by atoms with E-state index in [0.717, 1.165) is 12.2 Å². The zero-order valence-corrected chi connectivity index (χ0v) is 11.1. The molecular formula is C14H20N4. The van der Waals surface area contributed by atoms with Crippen LogP contribution in [0.4, 0.5) is 0 Å². The van der Waals surface area contributed by atoms with Gasteiger partial charge in [-0.15, -0.1) is 0 Å². The van der Waals surface area contributed by atoms with Crippen LogP contribution in [-0.4, -0.2) is 9.55 Å². The van der Waals surface area contributed by atoms with Crippen LogP contribution in [0.15, 0.2) is 30.6 Å². The molecule has 0 aliphatic rings. The van der Waals surface area contributed by atoms with Gasteiger partial charge in [-0.25, -0.2) is 4.98 Å². The largest absolute Gasteiger partial charge is 0.338 e. The van der Waals surface area contributed by atoms with E-state index in [1.807, 2.05) is 24.0 Å². The number of nitrogens with one attached hydrogen (secondary N) is 1. The Hall–Kier alpha value is -1.65. The highest BCUT2D eigenvalue weighted by atomic mass is 15.2. The lowest BCUT2D eigenvalue weighted by molar-refractivity contribution is 0.528. The second-order valence-corrected chi connectivity index (χ2v) is 4.74. The Morgan fingerprint density at radius 2 is 2.17 bits per heavy atom. The number of benzene rings is 1. The molecule has 0 aliphatic heterocycles. The van der Waals surface area contributed by atoms with E-state index in [2.05, 4.69) is 42.5 Å². The molecule has 0 spiro atoms. The molecule has 1 heterocycles. The summed E-state index contributed by atoms with van der Waals surface area (Å²) in [5.41, 5.74) is 6.63. The molecule has 18 heavy (non-hydrogen) atoms. The number of nitrogens with two attached hydrogens (primary N) is 1. The first-order valence-electron chi connectivity index (χ1n) is 6.11. The van der Waals surface area contributed by atoms with Crippen LogP contribution >= 0.6 is 0 Å². The lowest BCUT2D eigenvalue weighted by atomic mass is 9.97. The maximum absolute atomic E-state index is 5.70. The maximum Gasteiger partial charge on any atom is 0.110 e. The maximum atomic E-state index is 5.70. The molecule has 0 radical (unpaired) electrons. The standard InChI is InChI=1S/C14H20N4/c1-10-4-5-11(2)12(8-10)13(17-15)9-14-16-6-7-18(14)3/h4-8,13,17H,9,15H2,1-3H3. The highest BCUT2D eigenvalue weighted by Gasteiger charge is 2.15. The van der Waals surface area contributed by atoms with Crippen LogP contribution in [0, 0.1) is 13.8 Å². The number of hydrazine groups is 1. The fourth-order valence-electron chi connectivity index (χ4n) is 2.17. The predicted octanol–water partition coefficient (Wildman–Crippen LogP) is 1.78. The molecule has 1 atom stereocenters. The van der Waals surface area contributed by atoms with Crippen LogP contribution < -0.4 is 11.3 Å². The molecule has 2 rings (SSSR count). The van der Waals surface area contributed by atoms with Gasteiger partial charge in [-0.1, -0.05) is 23.8 Å². The molecule has 3 N–H and O–H groups in total. The summed E-state index contributed by atoms with van der Waals surface area (Å²) in [4.78, 5) is 4.35. The number of aromatic nitrogens is 2. The summed E-state index contributed by atoms with van der Waals surface area (Å²) in [5.74, 6) is 6.73. The molecule has 4 nitrogen and oxygen atoms in total. The molecule has 2 aromatic rings. The Morgan fingerprint density at radius 1 is 1.39 bits per heavy atom. The molecule has 1 aromatic heterocycles. The Labute approximate surface area is 108 Å². The summed E-state index contributed by atoms with van der Waals surface area (Å²) in [6.07, 6.45) is 4.54. The molecule has 4 heteroatoms. The van der Waals surface area contributed by atoms with Crippen LogP contribution in [0.5, 0.6) is 0 Å². The molecular weight excluding hydrogens is 224 g/mol. The van der Waals surface area contributed by atoms with Gasteiger partial charge in [0.1, 0.15) is 5.82 Å². The predicted molar refractivity (Wildman–Crippen MR) is 72.9 cm³/mol. The minimum absolute atomic E-state index is 0.0889. The smallest absolute Gasteiger partial charge is 0.110 e. The van der Waals surface area contributed by atoms with Crippen LogP contribution in [0.3, 0.4) is 0 Å². The summed E-state index contributed by atoms with van der Waals surface area (Å²) in [6.45, 7) is 4.20. The van der Waals surface area contributed by atoms with E-state index in [9.17, 15) is 0 Å². The number of rotatable bonds is 4. The van der Waals surface area contributed by atoms with Crippen LogP contribution in [0.2, 0.25) is 0 Å². The summed E-state index contributed by atoms with van der Waals surface area (Å²) in [5, 5.41) is 0. The molecule has 1 aromatic carbocycles. The molecule has 1 unspecified atom stereocenters. The van der Waals surface area contributed by atoms with Gasteiger partial charge >= 0.3 is 0 Å². The average molecular weight is 244 g/mol. The SMILES string of the molecule is Cc1ccc(C)c(C(Cc2nccn2C)NN)c1. The van der Waals surface area contributed by atoms with Gasteiger partial charge < -0.3 is 4.57 Å². The Kier molecular flexibility index (Phi) is 3.79. The first-order valence-corrected chi connectivity index (χ1v) is 6.11. The molecule has 0 saturated heterocycles. The number of hydrogen-bond acceptors (Lipinski definition) is 3. The van der Waals surface area contributed by atoms with Crippen molar-refractivity contribution in [3.8, 4) is 0 Å². The van der Waals surface area contributed by atoms with Gasteiger partial charge in [-0.2, -0.15) is 0 Å². The normalized spacial score (nSPS) is 12.7. The van der Waals surface area contributed by atoms with Crippen molar-refractivity contribution in [1.29, 1.82) is 0 Å². The van der Waals surface area contributed by atoms with E-state index in [1.165, 1.54) is 16.7 Å². The van der Waals surface area contributed by atoms with Crippen LogP contribution in [-0.2, 0) is 13.5 Å². The number of nitrogens with zero attached hydrogens (tertiary/aromatic N) is 2. The summed E-state index contributed by atoms with van der Waals surface area (Å²) < 4.78 is 2.02. The van der Waals surface area contributed by atoms with Crippen molar-refractivity contribution in [1.82, 2.24) is 15.0 Å². The van der Waals surface area contributed by atoms with Crippen molar-refractivity contribution in [3.05, 3.63) is 53.1 Å². The molecule has 0 aliphatic carbocycles. The molecule has 0 fully saturated rings. The first-order chi connectivity index (χ1) is 8.61. The molecule has 0 saturated carbocycles. The van der Waals surface area contributed by atoms with Crippen LogP contribution in [0.1, 0.15) is 28.6 Å². The Morgan fingerprint density at radius 3 is 2.78 bits per heavy atom. The third-order valence-corrected chi connectivity index (χ3v) is 3.32. The molecule has 0 bridgehead atoms. The number of imidazole rings is 1. The van der Waals surface area contributed by atoms with Crippen molar-refractivity contribution in [2.45, 2.75) is 26.3 Å². The fourth-order valence-corrected chi connectivity index (χ4v) is 2.17. The van der Waals surface area contributed by atoms with Crippen molar-refractivity contribution in [2.24, 2.45) is 12.9 Å². The Balaban J connectivity index is 2.28. The third-order valence-electron chi connectivity index (χ3n) is 3.32. The van der Waals surface area contributed by atoms with Crippen molar-refractivity contribution in [3.63, 3.8) is 0 Å². The van der Waals surface area contributed by atoms with E-state index < -0.39 is 0 Å². The molecule has 0 amide bonds. The van der Waals surface area contributed by atoms with Gasteiger partial charge in [-0.3, -0.25) is 11.3 Å². The van der Waals surface area contributed by atoms with E-state index in [4.69, 9.17) is 5.84 Å². The van der Waals surface area contributed by atoms with Crippen molar-refractivity contribution < 1.29 is 0 Å². The van der Waals surface area contributed by atoms with E-state index in [0.29, 0.717) is 0 Å². The topological polar surface area (TPSA) is 55.9 Å². The summed E-state index contributed by atoms with van der Waals surface area (Å²) in [6, 6.07) is 6.52. The minimum atomic E-state index is 0.0889. The van der Waals surface area contributed by atoms with Crippen LogP contribution in [0.25, 0.3) is 0 Å². The summed E-state index contributed by atoms with van der Waals surface area (Å²) in [7, 11) is 2.00. The second kappa shape index (κ2) is 5.33. The van der Waals surface area contributed by atoms with Gasteiger partial charge in [0.25, 0.3) is 0 Å². The lowest BCUT2D eigenvalue weighted by Gasteiger charge is -2.19. The highest BCUT2D eigenvalue weighted by Crippen LogP contribution is 2.21. The van der Waals surface area contributed by atoms with Crippen molar-refractivity contribution in [2.75, 3.05) is 0 Å². The highest BCUT2D eigenvalue weighted by molar-refractivity contribution is 5.33. The third kappa shape index (κ3) is 2.60.